The molecule has 0 aliphatic carbocycles. The van der Waals surface area contributed by atoms with E-state index < -0.39 is 26.6 Å². The van der Waals surface area contributed by atoms with Crippen LogP contribution in [0.4, 0.5) is 10.5 Å². The lowest BCUT2D eigenvalue weighted by Gasteiger charge is -2.19. The van der Waals surface area contributed by atoms with Crippen LogP contribution in [0, 0.1) is 10.1 Å². The Labute approximate surface area is 139 Å². The number of carbonyl (C=O) groups excluding carboxylic acids is 1. The third-order valence-corrected chi connectivity index (χ3v) is 3.89. The van der Waals surface area contributed by atoms with Crippen molar-refractivity contribution in [2.75, 3.05) is 13.2 Å². The monoisotopic (exact) mass is 361 g/mol. The SMILES string of the molecule is CC(C)(C)OC(=O)NOCCNS(=O)(=O)c1ccc([N+](=O)[O-])cc1. The van der Waals surface area contributed by atoms with Crippen molar-refractivity contribution in [3.8, 4) is 0 Å². The van der Waals surface area contributed by atoms with Gasteiger partial charge in [0.2, 0.25) is 10.0 Å². The third kappa shape index (κ3) is 6.89. The molecule has 0 heterocycles. The van der Waals surface area contributed by atoms with Gasteiger partial charge in [-0.15, -0.1) is 0 Å². The largest absolute Gasteiger partial charge is 0.442 e. The van der Waals surface area contributed by atoms with Crippen molar-refractivity contribution in [1.29, 1.82) is 0 Å². The second-order valence-electron chi connectivity index (χ2n) is 5.60. The molecule has 1 aromatic rings. The topological polar surface area (TPSA) is 137 Å². The number of nitrogens with zero attached hydrogens (tertiary/aromatic N) is 1. The summed E-state index contributed by atoms with van der Waals surface area (Å²) in [6, 6.07) is 4.44. The predicted molar refractivity (Wildman–Crippen MR) is 83.6 cm³/mol. The first-order valence-corrected chi connectivity index (χ1v) is 8.34. The van der Waals surface area contributed by atoms with Crippen LogP contribution in [0.2, 0.25) is 0 Å². The number of nitrogens with one attached hydrogen (secondary N) is 2. The first-order valence-electron chi connectivity index (χ1n) is 6.86. The zero-order chi connectivity index (χ0) is 18.4. The van der Waals surface area contributed by atoms with Crippen molar-refractivity contribution in [2.24, 2.45) is 0 Å². The first kappa shape index (κ1) is 19.8. The number of sulfonamides is 1. The Morgan fingerprint density at radius 1 is 1.25 bits per heavy atom. The van der Waals surface area contributed by atoms with Crippen LogP contribution >= 0.6 is 0 Å². The fraction of sp³-hybridized carbons (Fsp3) is 0.462. The molecular formula is C13H19N3O7S. The third-order valence-electron chi connectivity index (χ3n) is 2.41. The molecule has 0 saturated heterocycles. The maximum atomic E-state index is 11.9. The van der Waals surface area contributed by atoms with Crippen LogP contribution in [0.15, 0.2) is 29.2 Å². The van der Waals surface area contributed by atoms with Crippen LogP contribution in [0.25, 0.3) is 0 Å². The number of hydrogen-bond acceptors (Lipinski definition) is 7. The summed E-state index contributed by atoms with van der Waals surface area (Å²) in [5.74, 6) is 0. The van der Waals surface area contributed by atoms with Gasteiger partial charge in [-0.25, -0.2) is 17.9 Å². The molecule has 1 aromatic carbocycles. The van der Waals surface area contributed by atoms with Crippen molar-refractivity contribution in [1.82, 2.24) is 10.2 Å². The summed E-state index contributed by atoms with van der Waals surface area (Å²) < 4.78 is 31.0. The second-order valence-corrected chi connectivity index (χ2v) is 7.37. The number of hydrogen-bond donors (Lipinski definition) is 2. The summed E-state index contributed by atoms with van der Waals surface area (Å²) in [7, 11) is -3.83. The normalized spacial score (nSPS) is 11.8. The summed E-state index contributed by atoms with van der Waals surface area (Å²) in [6.07, 6.45) is -0.791. The zero-order valence-corrected chi connectivity index (χ0v) is 14.3. The van der Waals surface area contributed by atoms with Crippen LogP contribution in [0.1, 0.15) is 20.8 Å². The number of rotatable bonds is 7. The summed E-state index contributed by atoms with van der Waals surface area (Å²) >= 11 is 0. The molecule has 0 unspecified atom stereocenters. The van der Waals surface area contributed by atoms with E-state index in [1.165, 1.54) is 0 Å². The van der Waals surface area contributed by atoms with E-state index in [-0.39, 0.29) is 23.7 Å². The van der Waals surface area contributed by atoms with E-state index in [9.17, 15) is 23.3 Å². The molecule has 0 radical (unpaired) electrons. The fourth-order valence-electron chi connectivity index (χ4n) is 1.47. The van der Waals surface area contributed by atoms with Crippen LogP contribution in [0.3, 0.4) is 0 Å². The van der Waals surface area contributed by atoms with Gasteiger partial charge in [-0.2, -0.15) is 5.48 Å². The van der Waals surface area contributed by atoms with Gasteiger partial charge in [0.1, 0.15) is 5.60 Å². The standard InChI is InChI=1S/C13H19N3O7S/c1-13(2,3)23-12(17)15-22-9-8-14-24(20,21)11-6-4-10(5-7-11)16(18)19/h4-7,14H,8-9H2,1-3H3,(H,15,17). The van der Waals surface area contributed by atoms with Gasteiger partial charge in [-0.05, 0) is 32.9 Å². The molecule has 10 nitrogen and oxygen atoms in total. The van der Waals surface area contributed by atoms with Crippen molar-refractivity contribution in [2.45, 2.75) is 31.3 Å². The molecule has 1 rings (SSSR count). The lowest BCUT2D eigenvalue weighted by molar-refractivity contribution is -0.384. The van der Waals surface area contributed by atoms with Crippen molar-refractivity contribution >= 4 is 21.8 Å². The molecule has 0 atom stereocenters. The fourth-order valence-corrected chi connectivity index (χ4v) is 2.48. The molecule has 0 aromatic heterocycles. The highest BCUT2D eigenvalue weighted by Gasteiger charge is 2.17. The van der Waals surface area contributed by atoms with Crippen LogP contribution in [0.5, 0.6) is 0 Å². The first-order chi connectivity index (χ1) is 11.0. The average Bonchev–Trinajstić information content (AvgIpc) is 2.45. The number of nitro benzene ring substituents is 1. The van der Waals surface area contributed by atoms with E-state index in [4.69, 9.17) is 9.57 Å². The Hall–Kier alpha value is -2.24. The number of hydroxylamine groups is 1. The smallest absolute Gasteiger partial charge is 0.431 e. The lowest BCUT2D eigenvalue weighted by Crippen LogP contribution is -2.35. The molecule has 24 heavy (non-hydrogen) atoms. The van der Waals surface area contributed by atoms with Gasteiger partial charge in [0, 0.05) is 18.7 Å². The lowest BCUT2D eigenvalue weighted by atomic mass is 10.2. The second kappa shape index (κ2) is 8.04. The number of benzene rings is 1. The van der Waals surface area contributed by atoms with E-state index in [0.29, 0.717) is 0 Å². The van der Waals surface area contributed by atoms with Crippen molar-refractivity contribution in [3.05, 3.63) is 34.4 Å². The Bertz CT molecular complexity index is 681. The molecule has 1 amide bonds. The maximum Gasteiger partial charge on any atom is 0.431 e. The number of non-ortho nitro benzene ring substituents is 1. The summed E-state index contributed by atoms with van der Waals surface area (Å²) in [5, 5.41) is 10.5. The van der Waals surface area contributed by atoms with Gasteiger partial charge < -0.3 is 4.74 Å². The van der Waals surface area contributed by atoms with E-state index in [1.54, 1.807) is 20.8 Å². The van der Waals surface area contributed by atoms with Crippen LogP contribution in [-0.4, -0.2) is 38.2 Å². The van der Waals surface area contributed by atoms with Gasteiger partial charge in [0.25, 0.3) is 5.69 Å². The zero-order valence-electron chi connectivity index (χ0n) is 13.4. The summed E-state index contributed by atoms with van der Waals surface area (Å²) in [4.78, 5) is 25.8. The molecule has 0 saturated carbocycles. The van der Waals surface area contributed by atoms with Gasteiger partial charge in [-0.1, -0.05) is 0 Å². The molecule has 0 bridgehead atoms. The Balaban J connectivity index is 2.41. The highest BCUT2D eigenvalue weighted by Crippen LogP contribution is 2.15. The van der Waals surface area contributed by atoms with Gasteiger partial charge >= 0.3 is 6.09 Å². The number of carbonyl (C=O) groups is 1. The van der Waals surface area contributed by atoms with E-state index in [1.807, 2.05) is 5.48 Å². The maximum absolute atomic E-state index is 11.9. The van der Waals surface area contributed by atoms with E-state index in [0.717, 1.165) is 24.3 Å². The minimum atomic E-state index is -3.83. The highest BCUT2D eigenvalue weighted by atomic mass is 32.2. The molecule has 2 N–H and O–H groups in total. The molecular weight excluding hydrogens is 342 g/mol. The molecule has 0 spiro atoms. The molecule has 0 aliphatic rings. The average molecular weight is 361 g/mol. The number of ether oxygens (including phenoxy) is 1. The molecule has 0 aliphatic heterocycles. The summed E-state index contributed by atoms with van der Waals surface area (Å²) in [6.45, 7) is 4.81. The molecule has 134 valence electrons. The van der Waals surface area contributed by atoms with E-state index in [2.05, 4.69) is 4.72 Å². The van der Waals surface area contributed by atoms with Gasteiger partial charge in [0.15, 0.2) is 0 Å². The van der Waals surface area contributed by atoms with Crippen molar-refractivity contribution in [3.63, 3.8) is 0 Å². The Kier molecular flexibility index (Phi) is 6.63. The molecule has 0 fully saturated rings. The van der Waals surface area contributed by atoms with Crippen LogP contribution < -0.4 is 10.2 Å². The molecule has 11 heteroatoms. The Morgan fingerprint density at radius 2 is 1.83 bits per heavy atom. The van der Waals surface area contributed by atoms with Crippen molar-refractivity contribution < 1.29 is 27.7 Å². The quantitative estimate of drug-likeness (QED) is 0.424. The van der Waals surface area contributed by atoms with E-state index >= 15 is 0 Å². The van der Waals surface area contributed by atoms with Gasteiger partial charge in [-0.3, -0.25) is 15.0 Å². The minimum absolute atomic E-state index is 0.116. The number of amides is 1. The highest BCUT2D eigenvalue weighted by molar-refractivity contribution is 7.89. The van der Waals surface area contributed by atoms with Gasteiger partial charge in [0.05, 0.1) is 16.4 Å². The predicted octanol–water partition coefficient (Wildman–Crippen LogP) is 1.33. The Morgan fingerprint density at radius 3 is 2.33 bits per heavy atom. The number of nitro groups is 1. The summed E-state index contributed by atoms with van der Waals surface area (Å²) in [5.41, 5.74) is 1.13. The minimum Gasteiger partial charge on any atom is -0.442 e. The van der Waals surface area contributed by atoms with Crippen LogP contribution in [-0.2, 0) is 19.6 Å².